The molecule has 0 bridgehead atoms. The fourth-order valence-corrected chi connectivity index (χ4v) is 9.20. The zero-order valence-electron chi connectivity index (χ0n) is 41.1. The molecule has 0 spiro atoms. The number of nitrogens with zero attached hydrogens (tertiary/aromatic N) is 3. The summed E-state index contributed by atoms with van der Waals surface area (Å²) in [6.07, 6.45) is 31.1. The van der Waals surface area contributed by atoms with E-state index in [1.54, 1.807) is 0 Å². The molecule has 5 unspecified atom stereocenters. The standard InChI is InChI=1S/C50H93N5O10S/c1-3-5-7-9-11-13-15-17-19-21-23-25-27-29-31-33-44(56)63-37-40(64-45(57)34-32-30-28-26-24-22-20-18-16-14-12-10-8-6-4-2)38-66-39-41(51)49(61)52-43-36-55(54-53-43)35-42-46(58)47(59)48(60)50(62)65-42/h36,40-42,46-48,50,58-60,62H,3-35,37-39,51H2,1-2H3,(H,52,61)/t40-,41-,42?,46?,47?,48?,50?/m1/s1. The van der Waals surface area contributed by atoms with E-state index in [1.165, 1.54) is 177 Å². The van der Waals surface area contributed by atoms with Crippen molar-refractivity contribution < 1.29 is 49.0 Å². The van der Waals surface area contributed by atoms with E-state index < -0.39 is 48.8 Å². The van der Waals surface area contributed by atoms with Gasteiger partial charge in [0.25, 0.3) is 0 Å². The minimum Gasteiger partial charge on any atom is -0.462 e. The number of thioether (sulfide) groups is 1. The monoisotopic (exact) mass is 956 g/mol. The summed E-state index contributed by atoms with van der Waals surface area (Å²) in [4.78, 5) is 38.5. The zero-order chi connectivity index (χ0) is 48.0. The number of hydrogen-bond acceptors (Lipinski definition) is 14. The number of aliphatic hydroxyl groups is 4. The van der Waals surface area contributed by atoms with Crippen molar-refractivity contribution in [3.63, 3.8) is 0 Å². The third-order valence-corrected chi connectivity index (χ3v) is 13.7. The molecule has 1 aromatic heterocycles. The summed E-state index contributed by atoms with van der Waals surface area (Å²) < 4.78 is 17.8. The molecule has 0 radical (unpaired) electrons. The van der Waals surface area contributed by atoms with Crippen molar-refractivity contribution in [3.8, 4) is 0 Å². The minimum atomic E-state index is -1.69. The van der Waals surface area contributed by atoms with Crippen LogP contribution in [0.25, 0.3) is 0 Å². The highest BCUT2D eigenvalue weighted by atomic mass is 32.2. The third kappa shape index (κ3) is 29.5. The predicted molar refractivity (Wildman–Crippen MR) is 263 cm³/mol. The number of anilines is 1. The van der Waals surface area contributed by atoms with Crippen molar-refractivity contribution in [1.82, 2.24) is 15.0 Å². The molecule has 16 heteroatoms. The second-order valence-electron chi connectivity index (χ2n) is 18.7. The van der Waals surface area contributed by atoms with E-state index in [-0.39, 0.29) is 42.4 Å². The highest BCUT2D eigenvalue weighted by Gasteiger charge is 2.43. The zero-order valence-corrected chi connectivity index (χ0v) is 42.0. The molecule has 0 aromatic carbocycles. The van der Waals surface area contributed by atoms with Crippen LogP contribution < -0.4 is 11.1 Å². The van der Waals surface area contributed by atoms with Gasteiger partial charge in [0.15, 0.2) is 12.1 Å². The molecule has 2 rings (SSSR count). The van der Waals surface area contributed by atoms with Crippen LogP contribution in [0.2, 0.25) is 0 Å². The summed E-state index contributed by atoms with van der Waals surface area (Å²) in [5.74, 6) is -0.626. The second-order valence-corrected chi connectivity index (χ2v) is 19.8. The Labute approximate surface area is 402 Å². The number of hydrogen-bond donors (Lipinski definition) is 6. The average Bonchev–Trinajstić information content (AvgIpc) is 3.75. The van der Waals surface area contributed by atoms with Crippen molar-refractivity contribution in [1.29, 1.82) is 0 Å². The van der Waals surface area contributed by atoms with Gasteiger partial charge in [0.1, 0.15) is 37.1 Å². The number of ether oxygens (including phenoxy) is 3. The van der Waals surface area contributed by atoms with Crippen molar-refractivity contribution in [2.24, 2.45) is 5.73 Å². The summed E-state index contributed by atoms with van der Waals surface area (Å²) in [7, 11) is 0. The Morgan fingerprint density at radius 2 is 1.09 bits per heavy atom. The van der Waals surface area contributed by atoms with Gasteiger partial charge in [-0.3, -0.25) is 14.4 Å². The van der Waals surface area contributed by atoms with Gasteiger partial charge in [-0.2, -0.15) is 11.8 Å². The molecule has 15 nitrogen and oxygen atoms in total. The van der Waals surface area contributed by atoms with Crippen LogP contribution in [0.3, 0.4) is 0 Å². The SMILES string of the molecule is CCCCCCCCCCCCCCCCCC(=O)OC[C@H](CSC[C@@H](N)C(=O)Nc1cn(CC2OC(O)C(O)C(O)C2O)nn1)OC(=O)CCCCCCCCCCCCCCCCC. The molecule has 1 amide bonds. The van der Waals surface area contributed by atoms with Crippen LogP contribution in [0, 0.1) is 0 Å². The largest absolute Gasteiger partial charge is 0.462 e. The number of unbranched alkanes of at least 4 members (excludes halogenated alkanes) is 28. The molecule has 0 aliphatic carbocycles. The summed E-state index contributed by atoms with van der Waals surface area (Å²) in [5.41, 5.74) is 6.20. The first-order valence-corrected chi connectivity index (χ1v) is 27.5. The van der Waals surface area contributed by atoms with Gasteiger partial charge in [0.2, 0.25) is 5.91 Å². The predicted octanol–water partition coefficient (Wildman–Crippen LogP) is 9.06. The molecule has 2 heterocycles. The lowest BCUT2D eigenvalue weighted by Gasteiger charge is -2.38. The van der Waals surface area contributed by atoms with Gasteiger partial charge < -0.3 is 45.7 Å². The molecule has 7 atom stereocenters. The van der Waals surface area contributed by atoms with E-state index in [1.807, 2.05) is 0 Å². The van der Waals surface area contributed by atoms with Crippen molar-refractivity contribution in [3.05, 3.63) is 6.20 Å². The maximum Gasteiger partial charge on any atom is 0.306 e. The van der Waals surface area contributed by atoms with Gasteiger partial charge in [-0.1, -0.05) is 199 Å². The Bertz CT molecular complexity index is 1360. The fourth-order valence-electron chi connectivity index (χ4n) is 8.23. The molecule has 66 heavy (non-hydrogen) atoms. The molecular formula is C50H93N5O10S. The Morgan fingerprint density at radius 3 is 1.56 bits per heavy atom. The van der Waals surface area contributed by atoms with Crippen LogP contribution >= 0.6 is 11.8 Å². The summed E-state index contributed by atoms with van der Waals surface area (Å²) >= 11 is 1.31. The Morgan fingerprint density at radius 1 is 0.652 bits per heavy atom. The molecule has 384 valence electrons. The topological polar surface area (TPSA) is 229 Å². The normalized spacial score (nSPS) is 19.4. The first-order chi connectivity index (χ1) is 32.0. The molecule has 0 saturated carbocycles. The van der Waals surface area contributed by atoms with Gasteiger partial charge in [-0.05, 0) is 12.8 Å². The number of nitrogens with two attached hydrogens (primary N) is 1. The molecule has 1 fully saturated rings. The summed E-state index contributed by atoms with van der Waals surface area (Å²) in [6.45, 7) is 4.32. The molecule has 1 aromatic rings. The molecular weight excluding hydrogens is 863 g/mol. The van der Waals surface area contributed by atoms with Gasteiger partial charge in [-0.25, -0.2) is 4.68 Å². The highest BCUT2D eigenvalue weighted by molar-refractivity contribution is 7.99. The molecule has 1 aliphatic rings. The third-order valence-electron chi connectivity index (χ3n) is 12.5. The lowest BCUT2D eigenvalue weighted by molar-refractivity contribution is -0.284. The quantitative estimate of drug-likeness (QED) is 0.0265. The maximum absolute atomic E-state index is 12.9. The van der Waals surface area contributed by atoms with Crippen LogP contribution in [0.1, 0.15) is 219 Å². The smallest absolute Gasteiger partial charge is 0.306 e. The summed E-state index contributed by atoms with van der Waals surface area (Å²) in [6, 6.07) is -0.959. The Kier molecular flexibility index (Phi) is 35.8. The second kappa shape index (κ2) is 39.5. The van der Waals surface area contributed by atoms with Crippen LogP contribution in [0.4, 0.5) is 5.82 Å². The van der Waals surface area contributed by atoms with E-state index in [0.717, 1.165) is 38.5 Å². The first kappa shape index (κ1) is 59.8. The Hall–Kier alpha value is -2.34. The number of aliphatic hydroxyl groups excluding tert-OH is 4. The van der Waals surface area contributed by atoms with Crippen molar-refractivity contribution in [2.75, 3.05) is 23.4 Å². The van der Waals surface area contributed by atoms with Crippen molar-refractivity contribution in [2.45, 2.75) is 269 Å². The minimum absolute atomic E-state index is 0.0634. The highest BCUT2D eigenvalue weighted by Crippen LogP contribution is 2.22. The molecule has 1 saturated heterocycles. The van der Waals surface area contributed by atoms with E-state index in [9.17, 15) is 34.8 Å². The van der Waals surface area contributed by atoms with Crippen LogP contribution in [-0.4, -0.2) is 114 Å². The van der Waals surface area contributed by atoms with E-state index in [0.29, 0.717) is 12.8 Å². The van der Waals surface area contributed by atoms with E-state index >= 15 is 0 Å². The van der Waals surface area contributed by atoms with Gasteiger partial charge in [0.05, 0.1) is 18.8 Å². The number of amides is 1. The maximum atomic E-state index is 12.9. The van der Waals surface area contributed by atoms with Crippen molar-refractivity contribution >= 4 is 35.4 Å². The lowest BCUT2D eigenvalue weighted by atomic mass is 9.99. The van der Waals surface area contributed by atoms with E-state index in [2.05, 4.69) is 29.5 Å². The average molecular weight is 956 g/mol. The fraction of sp³-hybridized carbons (Fsp3) is 0.900. The number of aromatic nitrogens is 3. The number of carbonyl (C=O) groups excluding carboxylic acids is 3. The van der Waals surface area contributed by atoms with Gasteiger partial charge in [-0.15, -0.1) is 5.10 Å². The number of nitrogens with one attached hydrogen (secondary N) is 1. The molecule has 7 N–H and O–H groups in total. The van der Waals surface area contributed by atoms with E-state index in [4.69, 9.17) is 19.9 Å². The summed E-state index contributed by atoms with van der Waals surface area (Å²) in [5, 5.41) is 50.1. The lowest BCUT2D eigenvalue weighted by Crippen LogP contribution is -2.58. The van der Waals surface area contributed by atoms with Crippen LogP contribution in [-0.2, 0) is 35.1 Å². The number of carbonyl (C=O) groups is 3. The number of rotatable bonds is 43. The molecule has 1 aliphatic heterocycles. The number of esters is 2. The Balaban J connectivity index is 1.70. The van der Waals surface area contributed by atoms with Crippen LogP contribution in [0.15, 0.2) is 6.20 Å². The van der Waals surface area contributed by atoms with Gasteiger partial charge in [0, 0.05) is 24.3 Å². The van der Waals surface area contributed by atoms with Crippen LogP contribution in [0.5, 0.6) is 0 Å². The van der Waals surface area contributed by atoms with Gasteiger partial charge >= 0.3 is 11.9 Å². The first-order valence-electron chi connectivity index (χ1n) is 26.3.